The van der Waals surface area contributed by atoms with Crippen molar-refractivity contribution in [3.05, 3.63) is 70.1 Å². The van der Waals surface area contributed by atoms with Crippen molar-refractivity contribution in [2.45, 2.75) is 44.1 Å². The number of fused-ring (bicyclic) bond motifs is 2. The van der Waals surface area contributed by atoms with Crippen LogP contribution in [-0.4, -0.2) is 21.6 Å². The Kier molecular flexibility index (Phi) is 6.61. The number of anilines is 1. The van der Waals surface area contributed by atoms with Gasteiger partial charge >= 0.3 is 0 Å². The summed E-state index contributed by atoms with van der Waals surface area (Å²) in [4.78, 5) is 23.9. The summed E-state index contributed by atoms with van der Waals surface area (Å²) in [5, 5.41) is 15.1. The molecule has 0 atom stereocenters. The van der Waals surface area contributed by atoms with Gasteiger partial charge in [0.25, 0.3) is 0 Å². The van der Waals surface area contributed by atoms with Crippen LogP contribution < -0.4 is 5.32 Å². The fourth-order valence-electron chi connectivity index (χ4n) is 4.36. The van der Waals surface area contributed by atoms with E-state index in [4.69, 9.17) is 9.97 Å². The number of carbonyl (C=O) groups is 1. The second kappa shape index (κ2) is 9.96. The molecule has 0 bridgehead atoms. The molecule has 0 unspecified atom stereocenters. The first-order chi connectivity index (χ1) is 16.7. The largest absolute Gasteiger partial charge is 0.316 e. The van der Waals surface area contributed by atoms with Crippen LogP contribution in [0.5, 0.6) is 0 Å². The highest BCUT2D eigenvalue weighted by Gasteiger charge is 2.22. The molecule has 170 valence electrons. The molecule has 1 aliphatic rings. The van der Waals surface area contributed by atoms with Gasteiger partial charge in [-0.1, -0.05) is 67.2 Å². The predicted octanol–water partition coefficient (Wildman–Crippen LogP) is 6.40. The molecule has 7 heteroatoms. The maximum Gasteiger partial charge on any atom is 0.235 e. The molecule has 1 amide bonds. The third-order valence-electron chi connectivity index (χ3n) is 6.06. The van der Waals surface area contributed by atoms with Crippen LogP contribution in [0, 0.1) is 11.3 Å². The van der Waals surface area contributed by atoms with Crippen LogP contribution in [0.25, 0.3) is 22.3 Å². The van der Waals surface area contributed by atoms with E-state index in [1.807, 2.05) is 42.5 Å². The summed E-state index contributed by atoms with van der Waals surface area (Å²) in [6.07, 6.45) is 5.04. The number of hydrogen-bond donors (Lipinski definition) is 1. The maximum atomic E-state index is 12.9. The fourth-order valence-corrected chi connectivity index (χ4v) is 6.43. The minimum atomic E-state index is -0.125. The average Bonchev–Trinajstić information content (AvgIpc) is 3.24. The second-order valence-electron chi connectivity index (χ2n) is 8.25. The number of para-hydroxylation sites is 1. The first kappa shape index (κ1) is 22.6. The van der Waals surface area contributed by atoms with Crippen molar-refractivity contribution in [3.8, 4) is 17.5 Å². The number of nitrogens with one attached hydrogen (secondary N) is 1. The smallest absolute Gasteiger partial charge is 0.235 e. The minimum Gasteiger partial charge on any atom is -0.316 e. The lowest BCUT2D eigenvalue weighted by atomic mass is 9.96. The molecule has 5 rings (SSSR count). The molecule has 2 heterocycles. The Labute approximate surface area is 207 Å². The van der Waals surface area contributed by atoms with Crippen molar-refractivity contribution in [3.63, 3.8) is 0 Å². The Morgan fingerprint density at radius 3 is 2.74 bits per heavy atom. The zero-order chi connectivity index (χ0) is 23.5. The number of nitriles is 1. The van der Waals surface area contributed by atoms with Crippen LogP contribution in [0.1, 0.15) is 41.3 Å². The molecule has 0 saturated heterocycles. The summed E-state index contributed by atoms with van der Waals surface area (Å²) in [5.41, 5.74) is 4.81. The molecule has 0 fully saturated rings. The van der Waals surface area contributed by atoms with E-state index in [-0.39, 0.29) is 11.7 Å². The molecule has 34 heavy (non-hydrogen) atoms. The molecule has 0 aliphatic heterocycles. The summed E-state index contributed by atoms with van der Waals surface area (Å²) >= 11 is 2.97. The normalized spacial score (nSPS) is 12.8. The van der Waals surface area contributed by atoms with Crippen LogP contribution in [0.15, 0.2) is 53.6 Å². The molecule has 0 spiro atoms. The van der Waals surface area contributed by atoms with Gasteiger partial charge in [0, 0.05) is 15.8 Å². The fraction of sp³-hybridized carbons (Fsp3) is 0.259. The zero-order valence-corrected chi connectivity index (χ0v) is 20.6. The highest BCUT2D eigenvalue weighted by Crippen LogP contribution is 2.38. The van der Waals surface area contributed by atoms with Crippen LogP contribution in [0.4, 0.5) is 5.00 Å². The van der Waals surface area contributed by atoms with Crippen LogP contribution in [0.3, 0.4) is 0 Å². The third-order valence-corrected chi connectivity index (χ3v) is 8.26. The molecule has 2 aromatic heterocycles. The first-order valence-electron chi connectivity index (χ1n) is 11.5. The number of amides is 1. The summed E-state index contributed by atoms with van der Waals surface area (Å²) in [7, 11) is 0. The number of aryl methyl sites for hydroxylation is 2. The Bertz CT molecular complexity index is 1410. The number of nitrogens with zero attached hydrogens (tertiary/aromatic N) is 3. The lowest BCUT2D eigenvalue weighted by Gasteiger charge is -2.11. The summed E-state index contributed by atoms with van der Waals surface area (Å²) < 4.78 is 0. The molecular weight excluding hydrogens is 460 g/mol. The van der Waals surface area contributed by atoms with E-state index in [1.165, 1.54) is 16.6 Å². The van der Waals surface area contributed by atoms with Crippen molar-refractivity contribution in [2.75, 3.05) is 11.1 Å². The maximum absolute atomic E-state index is 12.9. The molecule has 0 radical (unpaired) electrons. The summed E-state index contributed by atoms with van der Waals surface area (Å²) in [5.74, 6) is 0.749. The van der Waals surface area contributed by atoms with E-state index in [0.717, 1.165) is 64.7 Å². The van der Waals surface area contributed by atoms with Gasteiger partial charge in [0.05, 0.1) is 16.8 Å². The average molecular weight is 485 g/mol. The first-order valence-corrected chi connectivity index (χ1v) is 13.3. The van der Waals surface area contributed by atoms with Gasteiger partial charge in [-0.15, -0.1) is 11.3 Å². The number of carbonyl (C=O) groups excluding carboxylic acids is 1. The Balaban J connectivity index is 1.42. The molecular formula is C27H24N4OS2. The Hall–Kier alpha value is -3.21. The Morgan fingerprint density at radius 2 is 1.94 bits per heavy atom. The number of thioether (sulfide) groups is 1. The van der Waals surface area contributed by atoms with E-state index in [2.05, 4.69) is 24.4 Å². The third kappa shape index (κ3) is 4.44. The van der Waals surface area contributed by atoms with E-state index in [9.17, 15) is 10.1 Å². The number of hydrogen-bond acceptors (Lipinski definition) is 6. The molecule has 4 aromatic rings. The van der Waals surface area contributed by atoms with Crippen LogP contribution in [-0.2, 0) is 24.1 Å². The van der Waals surface area contributed by atoms with Gasteiger partial charge in [-0.3, -0.25) is 4.79 Å². The van der Waals surface area contributed by atoms with Crippen LogP contribution in [0.2, 0.25) is 0 Å². The second-order valence-corrected chi connectivity index (χ2v) is 10.3. The molecule has 5 nitrogen and oxygen atoms in total. The van der Waals surface area contributed by atoms with Gasteiger partial charge in [0.2, 0.25) is 5.91 Å². The highest BCUT2D eigenvalue weighted by molar-refractivity contribution is 8.00. The molecule has 2 aromatic carbocycles. The predicted molar refractivity (Wildman–Crippen MR) is 139 cm³/mol. The molecule has 1 N–H and O–H groups in total. The molecule has 1 aliphatic carbocycles. The van der Waals surface area contributed by atoms with Crippen molar-refractivity contribution in [2.24, 2.45) is 0 Å². The lowest BCUT2D eigenvalue weighted by molar-refractivity contribution is -0.113. The monoisotopic (exact) mass is 484 g/mol. The van der Waals surface area contributed by atoms with Gasteiger partial charge in [-0.2, -0.15) is 5.26 Å². The van der Waals surface area contributed by atoms with Gasteiger partial charge in [-0.25, -0.2) is 9.97 Å². The topological polar surface area (TPSA) is 78.7 Å². The SMILES string of the molecule is CCc1cccc2c(SCC(=O)Nc3sc4c(c3C#N)CCCC4)nc(-c3ccccc3)nc12. The lowest BCUT2D eigenvalue weighted by Crippen LogP contribution is -2.14. The van der Waals surface area contributed by atoms with Gasteiger partial charge < -0.3 is 5.32 Å². The van der Waals surface area contributed by atoms with Crippen molar-refractivity contribution >= 4 is 44.9 Å². The van der Waals surface area contributed by atoms with Gasteiger partial charge in [0.15, 0.2) is 5.82 Å². The zero-order valence-electron chi connectivity index (χ0n) is 18.9. The number of thiophene rings is 1. The van der Waals surface area contributed by atoms with Gasteiger partial charge in [-0.05, 0) is 43.2 Å². The van der Waals surface area contributed by atoms with E-state index < -0.39 is 0 Å². The molecule has 0 saturated carbocycles. The van der Waals surface area contributed by atoms with E-state index in [0.29, 0.717) is 16.4 Å². The van der Waals surface area contributed by atoms with Crippen LogP contribution >= 0.6 is 23.1 Å². The van der Waals surface area contributed by atoms with Gasteiger partial charge in [0.1, 0.15) is 16.1 Å². The Morgan fingerprint density at radius 1 is 1.12 bits per heavy atom. The highest BCUT2D eigenvalue weighted by atomic mass is 32.2. The summed E-state index contributed by atoms with van der Waals surface area (Å²) in [6.45, 7) is 2.12. The number of aromatic nitrogens is 2. The summed E-state index contributed by atoms with van der Waals surface area (Å²) in [6, 6.07) is 18.4. The van der Waals surface area contributed by atoms with Crippen molar-refractivity contribution in [1.29, 1.82) is 5.26 Å². The number of benzene rings is 2. The standard InChI is InChI=1S/C27H24N4OS2/c1-2-17-11-8-13-20-24(17)30-25(18-9-4-3-5-10-18)31-26(20)33-16-23(32)29-27-21(15-28)19-12-6-7-14-22(19)34-27/h3-5,8-11,13H,2,6-7,12,14,16H2,1H3,(H,29,32). The van der Waals surface area contributed by atoms with E-state index in [1.54, 1.807) is 11.3 Å². The minimum absolute atomic E-state index is 0.125. The van der Waals surface area contributed by atoms with Crippen molar-refractivity contribution in [1.82, 2.24) is 9.97 Å². The quantitative estimate of drug-likeness (QED) is 0.253. The van der Waals surface area contributed by atoms with E-state index >= 15 is 0 Å². The van der Waals surface area contributed by atoms with Crippen molar-refractivity contribution < 1.29 is 4.79 Å². The number of rotatable bonds is 6.